The number of benzene rings is 2. The molecule has 1 N–H and O–H groups in total. The summed E-state index contributed by atoms with van der Waals surface area (Å²) in [4.78, 5) is 43.1. The topological polar surface area (TPSA) is 99.5 Å². The van der Waals surface area contributed by atoms with Crippen LogP contribution in [-0.4, -0.2) is 47.0 Å². The van der Waals surface area contributed by atoms with Gasteiger partial charge in [0.05, 0.1) is 48.0 Å². The molecule has 1 aliphatic heterocycles. The van der Waals surface area contributed by atoms with E-state index in [2.05, 4.69) is 24.1 Å². The minimum absolute atomic E-state index is 0.0760. The number of fused-ring (bicyclic) bond motifs is 1. The van der Waals surface area contributed by atoms with Crippen molar-refractivity contribution in [2.45, 2.75) is 50.5 Å². The summed E-state index contributed by atoms with van der Waals surface area (Å²) in [6, 6.07) is 14.4. The molecular weight excluding hydrogens is 478 g/mol. The van der Waals surface area contributed by atoms with Crippen LogP contribution in [0.4, 0.5) is 0 Å². The van der Waals surface area contributed by atoms with E-state index in [4.69, 9.17) is 9.47 Å². The number of rotatable bonds is 9. The molecule has 0 saturated carbocycles. The van der Waals surface area contributed by atoms with Crippen LogP contribution in [0.15, 0.2) is 58.5 Å². The zero-order valence-electron chi connectivity index (χ0n) is 20.7. The quantitative estimate of drug-likeness (QED) is 0.265. The first-order valence-electron chi connectivity index (χ1n) is 12.1. The number of ether oxygens (including phenoxy) is 2. The van der Waals surface area contributed by atoms with Gasteiger partial charge in [-0.1, -0.05) is 55.9 Å². The van der Waals surface area contributed by atoms with Crippen molar-refractivity contribution >= 4 is 34.5 Å². The summed E-state index contributed by atoms with van der Waals surface area (Å²) in [5.41, 5.74) is 1.52. The van der Waals surface area contributed by atoms with Gasteiger partial charge < -0.3 is 14.8 Å². The van der Waals surface area contributed by atoms with Gasteiger partial charge in [0.15, 0.2) is 5.16 Å². The van der Waals surface area contributed by atoms with E-state index in [1.165, 1.54) is 18.9 Å². The van der Waals surface area contributed by atoms with Crippen LogP contribution in [0.25, 0.3) is 10.9 Å². The molecule has 2 atom stereocenters. The molecule has 3 aromatic rings. The van der Waals surface area contributed by atoms with Crippen molar-refractivity contribution in [3.63, 3.8) is 0 Å². The maximum absolute atomic E-state index is 13.4. The standard InChI is InChI=1S/C27H31N3O5S/c1-17(2)24(18-8-5-4-6-9-18)29-23(31)16-36-27-28-22-14-19(26(33)34-3)11-12-21(22)25(32)30(27)15-20-10-7-13-35-20/h4-6,8-9,11-12,14,17,20,24H,7,10,13,15-16H2,1-3H3,(H,29,31)/t20-,24+/m1/s1. The smallest absolute Gasteiger partial charge is 0.337 e. The maximum atomic E-state index is 13.4. The lowest BCUT2D eigenvalue weighted by atomic mass is 9.96. The molecule has 190 valence electrons. The summed E-state index contributed by atoms with van der Waals surface area (Å²) in [7, 11) is 1.30. The molecular formula is C27H31N3O5S. The average molecular weight is 510 g/mol. The molecule has 0 spiro atoms. The van der Waals surface area contributed by atoms with Gasteiger partial charge >= 0.3 is 5.97 Å². The fourth-order valence-electron chi connectivity index (χ4n) is 4.35. The normalized spacial score (nSPS) is 16.3. The number of nitrogens with one attached hydrogen (secondary N) is 1. The molecule has 1 saturated heterocycles. The second-order valence-corrected chi connectivity index (χ2v) is 10.1. The van der Waals surface area contributed by atoms with Gasteiger partial charge in [-0.25, -0.2) is 9.78 Å². The Kier molecular flexibility index (Phi) is 8.43. The Balaban J connectivity index is 1.60. The predicted octanol–water partition coefficient (Wildman–Crippen LogP) is 3.97. The Bertz CT molecular complexity index is 1290. The Morgan fingerprint density at radius 3 is 2.67 bits per heavy atom. The van der Waals surface area contributed by atoms with Crippen LogP contribution in [0, 0.1) is 5.92 Å². The van der Waals surface area contributed by atoms with Gasteiger partial charge in [-0.05, 0) is 42.5 Å². The second kappa shape index (κ2) is 11.7. The molecule has 0 radical (unpaired) electrons. The van der Waals surface area contributed by atoms with Crippen LogP contribution < -0.4 is 10.9 Å². The van der Waals surface area contributed by atoms with E-state index in [0.717, 1.165) is 18.4 Å². The van der Waals surface area contributed by atoms with E-state index in [0.29, 0.717) is 34.8 Å². The van der Waals surface area contributed by atoms with Crippen LogP contribution in [0.2, 0.25) is 0 Å². The van der Waals surface area contributed by atoms with Gasteiger partial charge in [-0.3, -0.25) is 14.2 Å². The Morgan fingerprint density at radius 2 is 2.00 bits per heavy atom. The van der Waals surface area contributed by atoms with Gasteiger partial charge in [0.25, 0.3) is 5.56 Å². The molecule has 9 heteroatoms. The SMILES string of the molecule is COC(=O)c1ccc2c(=O)n(C[C@H]3CCCO3)c(SCC(=O)N[C@H](c3ccccc3)C(C)C)nc2c1. The molecule has 0 unspecified atom stereocenters. The van der Waals surface area contributed by atoms with Crippen molar-refractivity contribution in [1.29, 1.82) is 0 Å². The zero-order valence-corrected chi connectivity index (χ0v) is 21.5. The summed E-state index contributed by atoms with van der Waals surface area (Å²) >= 11 is 1.20. The van der Waals surface area contributed by atoms with E-state index in [9.17, 15) is 14.4 Å². The van der Waals surface area contributed by atoms with Crippen LogP contribution in [-0.2, 0) is 20.8 Å². The van der Waals surface area contributed by atoms with E-state index in [1.54, 1.807) is 22.8 Å². The highest BCUT2D eigenvalue weighted by atomic mass is 32.2. The highest BCUT2D eigenvalue weighted by Crippen LogP contribution is 2.24. The molecule has 0 aliphatic carbocycles. The minimum atomic E-state index is -0.503. The van der Waals surface area contributed by atoms with Gasteiger partial charge in [-0.15, -0.1) is 0 Å². The Labute approximate surface area is 214 Å². The summed E-state index contributed by atoms with van der Waals surface area (Å²) < 4.78 is 12.2. The Hall–Kier alpha value is -3.17. The van der Waals surface area contributed by atoms with Crippen LogP contribution in [0.5, 0.6) is 0 Å². The molecule has 1 amide bonds. The van der Waals surface area contributed by atoms with Crippen molar-refractivity contribution in [1.82, 2.24) is 14.9 Å². The molecule has 1 aromatic heterocycles. The highest BCUT2D eigenvalue weighted by molar-refractivity contribution is 7.99. The zero-order chi connectivity index (χ0) is 25.7. The van der Waals surface area contributed by atoms with E-state index in [1.807, 2.05) is 30.3 Å². The number of aromatic nitrogens is 2. The number of nitrogens with zero attached hydrogens (tertiary/aromatic N) is 2. The highest BCUT2D eigenvalue weighted by Gasteiger charge is 2.23. The van der Waals surface area contributed by atoms with E-state index < -0.39 is 5.97 Å². The fourth-order valence-corrected chi connectivity index (χ4v) is 5.17. The van der Waals surface area contributed by atoms with Crippen molar-refractivity contribution < 1.29 is 19.1 Å². The monoisotopic (exact) mass is 509 g/mol. The summed E-state index contributed by atoms with van der Waals surface area (Å²) in [6.45, 7) is 5.16. The van der Waals surface area contributed by atoms with Gasteiger partial charge in [-0.2, -0.15) is 0 Å². The molecule has 2 aromatic carbocycles. The van der Waals surface area contributed by atoms with Gasteiger partial charge in [0, 0.05) is 6.61 Å². The molecule has 1 aliphatic rings. The van der Waals surface area contributed by atoms with Crippen molar-refractivity contribution in [3.8, 4) is 0 Å². The predicted molar refractivity (Wildman–Crippen MR) is 139 cm³/mol. The number of thioether (sulfide) groups is 1. The third-order valence-electron chi connectivity index (χ3n) is 6.23. The first-order valence-corrected chi connectivity index (χ1v) is 13.1. The lowest BCUT2D eigenvalue weighted by molar-refractivity contribution is -0.119. The molecule has 4 rings (SSSR count). The second-order valence-electron chi connectivity index (χ2n) is 9.16. The summed E-state index contributed by atoms with van der Waals surface area (Å²) in [6.07, 6.45) is 1.74. The third kappa shape index (κ3) is 5.96. The molecule has 2 heterocycles. The fraction of sp³-hybridized carbons (Fsp3) is 0.407. The lowest BCUT2D eigenvalue weighted by Gasteiger charge is -2.23. The number of carbonyl (C=O) groups is 2. The average Bonchev–Trinajstić information content (AvgIpc) is 3.40. The third-order valence-corrected chi connectivity index (χ3v) is 7.20. The number of amides is 1. The summed E-state index contributed by atoms with van der Waals surface area (Å²) in [5, 5.41) is 3.94. The first-order chi connectivity index (χ1) is 17.4. The number of esters is 1. The molecule has 1 fully saturated rings. The largest absolute Gasteiger partial charge is 0.465 e. The molecule has 36 heavy (non-hydrogen) atoms. The molecule has 8 nitrogen and oxygen atoms in total. The van der Waals surface area contributed by atoms with Gasteiger partial charge in [0.2, 0.25) is 5.91 Å². The minimum Gasteiger partial charge on any atom is -0.465 e. The van der Waals surface area contributed by atoms with Crippen LogP contribution in [0.1, 0.15) is 48.7 Å². The van der Waals surface area contributed by atoms with Crippen molar-refractivity contribution in [2.75, 3.05) is 19.5 Å². The first kappa shape index (κ1) is 25.9. The van der Waals surface area contributed by atoms with Gasteiger partial charge in [0.1, 0.15) is 0 Å². The number of hydrogen-bond acceptors (Lipinski definition) is 7. The number of carbonyl (C=O) groups excluding carboxylic acids is 2. The molecule has 0 bridgehead atoms. The van der Waals surface area contributed by atoms with Crippen LogP contribution >= 0.6 is 11.8 Å². The van der Waals surface area contributed by atoms with E-state index >= 15 is 0 Å². The Morgan fingerprint density at radius 1 is 1.22 bits per heavy atom. The van der Waals surface area contributed by atoms with Crippen molar-refractivity contribution in [3.05, 3.63) is 70.0 Å². The number of hydrogen-bond donors (Lipinski definition) is 1. The van der Waals surface area contributed by atoms with E-state index in [-0.39, 0.29) is 35.3 Å². The lowest BCUT2D eigenvalue weighted by Crippen LogP contribution is -2.33. The maximum Gasteiger partial charge on any atom is 0.337 e. The van der Waals surface area contributed by atoms with Crippen molar-refractivity contribution in [2.24, 2.45) is 5.92 Å². The number of methoxy groups -OCH3 is 1. The van der Waals surface area contributed by atoms with Crippen LogP contribution in [0.3, 0.4) is 0 Å². The summed E-state index contributed by atoms with van der Waals surface area (Å²) in [5.74, 6) is -0.356.